The molecule has 0 aliphatic rings. The van der Waals surface area contributed by atoms with E-state index in [0.717, 1.165) is 0 Å². The maximum absolute atomic E-state index is 10.4. The number of aliphatic hydroxyl groups excluding tert-OH is 1. The minimum atomic E-state index is -0.569. The molecule has 66 valence electrons. The molecule has 3 nitrogen and oxygen atoms in total. The Morgan fingerprint density at radius 1 is 1.55 bits per heavy atom. The fourth-order valence-electron chi connectivity index (χ4n) is 0.898. The number of likely N-dealkylation sites (N-methyl/N-ethyl adjacent to an activating group) is 1. The van der Waals surface area contributed by atoms with Gasteiger partial charge in [-0.3, -0.25) is 4.79 Å². The van der Waals surface area contributed by atoms with Crippen LogP contribution < -0.4 is 0 Å². The summed E-state index contributed by atoms with van der Waals surface area (Å²) in [6.07, 6.45) is -0.432. The van der Waals surface area contributed by atoms with Crippen LogP contribution in [0.25, 0.3) is 0 Å². The van der Waals surface area contributed by atoms with E-state index in [1.165, 1.54) is 0 Å². The highest BCUT2D eigenvalue weighted by Crippen LogP contribution is 2.01. The van der Waals surface area contributed by atoms with Crippen molar-refractivity contribution in [3.8, 4) is 0 Å². The molecule has 1 N–H and O–H groups in total. The third-order valence-corrected chi connectivity index (χ3v) is 1.35. The third kappa shape index (κ3) is 7.84. The van der Waals surface area contributed by atoms with Crippen molar-refractivity contribution < 1.29 is 14.4 Å². The SMILES string of the molecule is C[N+](C)(C)CC(O)CC(=O)S. The van der Waals surface area contributed by atoms with E-state index in [-0.39, 0.29) is 11.5 Å². The van der Waals surface area contributed by atoms with Gasteiger partial charge in [0, 0.05) is 6.42 Å². The van der Waals surface area contributed by atoms with Crippen LogP contribution in [0.1, 0.15) is 6.42 Å². The highest BCUT2D eigenvalue weighted by atomic mass is 32.1. The summed E-state index contributed by atoms with van der Waals surface area (Å²) in [5, 5.41) is 9.01. The lowest BCUT2D eigenvalue weighted by Crippen LogP contribution is -2.41. The van der Waals surface area contributed by atoms with Gasteiger partial charge in [-0.2, -0.15) is 0 Å². The van der Waals surface area contributed by atoms with Crippen molar-refractivity contribution in [3.05, 3.63) is 0 Å². The zero-order valence-corrected chi connectivity index (χ0v) is 8.14. The van der Waals surface area contributed by atoms with E-state index < -0.39 is 6.10 Å². The molecule has 0 saturated heterocycles. The lowest BCUT2D eigenvalue weighted by atomic mass is 10.2. The van der Waals surface area contributed by atoms with Crippen LogP contribution in [0.15, 0.2) is 0 Å². The van der Waals surface area contributed by atoms with Gasteiger partial charge in [0.15, 0.2) is 5.12 Å². The van der Waals surface area contributed by atoms with Crippen LogP contribution in [0, 0.1) is 0 Å². The van der Waals surface area contributed by atoms with Crippen molar-refractivity contribution in [1.82, 2.24) is 0 Å². The van der Waals surface area contributed by atoms with E-state index >= 15 is 0 Å². The summed E-state index contributed by atoms with van der Waals surface area (Å²) in [6, 6.07) is 0. The molecule has 0 aromatic carbocycles. The Morgan fingerprint density at radius 3 is 2.27 bits per heavy atom. The predicted molar refractivity (Wildman–Crippen MR) is 47.5 cm³/mol. The number of aliphatic hydroxyl groups is 1. The molecule has 0 aliphatic heterocycles. The van der Waals surface area contributed by atoms with Gasteiger partial charge in [0.2, 0.25) is 0 Å². The average Bonchev–Trinajstić information content (AvgIpc) is 1.53. The summed E-state index contributed by atoms with van der Waals surface area (Å²) in [5.41, 5.74) is 0. The van der Waals surface area contributed by atoms with Gasteiger partial charge in [0.1, 0.15) is 12.6 Å². The van der Waals surface area contributed by atoms with Gasteiger partial charge in [-0.1, -0.05) is 0 Å². The third-order valence-electron chi connectivity index (χ3n) is 1.17. The largest absolute Gasteiger partial charge is 0.387 e. The molecule has 0 rings (SSSR count). The normalized spacial score (nSPS) is 14.6. The first kappa shape index (κ1) is 10.9. The quantitative estimate of drug-likeness (QED) is 0.466. The van der Waals surface area contributed by atoms with Crippen LogP contribution in [0.3, 0.4) is 0 Å². The number of hydrogen-bond donors (Lipinski definition) is 2. The Morgan fingerprint density at radius 2 is 2.00 bits per heavy atom. The van der Waals surface area contributed by atoms with Gasteiger partial charge in [-0.05, 0) is 0 Å². The first-order valence-electron chi connectivity index (χ1n) is 3.51. The zero-order valence-electron chi connectivity index (χ0n) is 7.24. The van der Waals surface area contributed by atoms with Crippen molar-refractivity contribution in [2.75, 3.05) is 27.7 Å². The van der Waals surface area contributed by atoms with Gasteiger partial charge in [-0.15, -0.1) is 12.6 Å². The van der Waals surface area contributed by atoms with E-state index in [9.17, 15) is 9.90 Å². The molecule has 0 spiro atoms. The van der Waals surface area contributed by atoms with Crippen LogP contribution >= 0.6 is 12.6 Å². The number of carbonyl (C=O) groups excluding carboxylic acids is 1. The summed E-state index contributed by atoms with van der Waals surface area (Å²) in [7, 11) is 5.89. The molecular formula is C7H16NO2S+. The maximum atomic E-state index is 10.4. The van der Waals surface area contributed by atoms with Crippen molar-refractivity contribution in [2.45, 2.75) is 12.5 Å². The molecular weight excluding hydrogens is 162 g/mol. The molecule has 0 bridgehead atoms. The monoisotopic (exact) mass is 178 g/mol. The van der Waals surface area contributed by atoms with Gasteiger partial charge < -0.3 is 9.59 Å². The lowest BCUT2D eigenvalue weighted by molar-refractivity contribution is -0.873. The predicted octanol–water partition coefficient (Wildman–Crippen LogP) is -0.100. The zero-order chi connectivity index (χ0) is 9.07. The Labute approximate surface area is 73.0 Å². The minimum absolute atomic E-state index is 0.138. The molecule has 4 heteroatoms. The maximum Gasteiger partial charge on any atom is 0.188 e. The highest BCUT2D eigenvalue weighted by molar-refractivity contribution is 7.96. The number of rotatable bonds is 4. The van der Waals surface area contributed by atoms with Crippen LogP contribution in [0.2, 0.25) is 0 Å². The molecule has 0 radical (unpaired) electrons. The first-order chi connectivity index (χ1) is 4.81. The smallest absolute Gasteiger partial charge is 0.188 e. The molecule has 0 aromatic rings. The van der Waals surface area contributed by atoms with Crippen LogP contribution in [-0.2, 0) is 4.79 Å². The summed E-state index contributed by atoms with van der Waals surface area (Å²) in [6.45, 7) is 0.576. The lowest BCUT2D eigenvalue weighted by Gasteiger charge is -2.26. The number of nitrogens with zero attached hydrogens (tertiary/aromatic N) is 1. The second-order valence-corrected chi connectivity index (χ2v) is 4.22. The Balaban J connectivity index is 3.69. The molecule has 0 aliphatic carbocycles. The molecule has 0 heterocycles. The Hall–Kier alpha value is -0.0600. The summed E-state index contributed by atoms with van der Waals surface area (Å²) in [5.74, 6) is 0. The van der Waals surface area contributed by atoms with Gasteiger partial charge in [0.25, 0.3) is 0 Å². The van der Waals surface area contributed by atoms with Gasteiger partial charge >= 0.3 is 0 Å². The van der Waals surface area contributed by atoms with E-state index in [4.69, 9.17) is 0 Å². The average molecular weight is 178 g/mol. The highest BCUT2D eigenvalue weighted by Gasteiger charge is 2.16. The van der Waals surface area contributed by atoms with Gasteiger partial charge in [0.05, 0.1) is 21.1 Å². The minimum Gasteiger partial charge on any atom is -0.387 e. The standard InChI is InChI=1S/C7H15NO2S/c1-8(2,3)5-6(9)4-7(10)11/h6,9H,4-5H2,1-3H3/p+1. The van der Waals surface area contributed by atoms with Crippen LogP contribution in [0.4, 0.5) is 0 Å². The molecule has 11 heavy (non-hydrogen) atoms. The van der Waals surface area contributed by atoms with E-state index in [2.05, 4.69) is 12.6 Å². The Kier molecular flexibility index (Phi) is 4.07. The van der Waals surface area contributed by atoms with Crippen LogP contribution in [0.5, 0.6) is 0 Å². The summed E-state index contributed by atoms with van der Waals surface area (Å²) < 4.78 is 0.655. The van der Waals surface area contributed by atoms with Crippen molar-refractivity contribution in [3.63, 3.8) is 0 Å². The Bertz CT molecular complexity index is 142. The van der Waals surface area contributed by atoms with Crippen molar-refractivity contribution >= 4 is 17.7 Å². The first-order valence-corrected chi connectivity index (χ1v) is 3.96. The molecule has 0 aromatic heterocycles. The second-order valence-electron chi connectivity index (χ2n) is 3.72. The number of carbonyl (C=O) groups is 1. The van der Waals surface area contributed by atoms with E-state index in [0.29, 0.717) is 11.0 Å². The fraction of sp³-hybridized carbons (Fsp3) is 0.857. The topological polar surface area (TPSA) is 37.3 Å². The van der Waals surface area contributed by atoms with Crippen molar-refractivity contribution in [1.29, 1.82) is 0 Å². The summed E-state index contributed by atoms with van der Waals surface area (Å²) in [4.78, 5) is 10.4. The fourth-order valence-corrected chi connectivity index (χ4v) is 1.11. The molecule has 1 atom stereocenters. The molecule has 0 saturated carbocycles. The second kappa shape index (κ2) is 4.09. The number of thiol groups is 1. The van der Waals surface area contributed by atoms with Gasteiger partial charge in [-0.25, -0.2) is 0 Å². The molecule has 0 amide bonds. The van der Waals surface area contributed by atoms with Crippen LogP contribution in [-0.4, -0.2) is 48.5 Å². The van der Waals surface area contributed by atoms with E-state index in [1.54, 1.807) is 0 Å². The number of quaternary nitrogens is 1. The molecule has 1 unspecified atom stereocenters. The summed E-state index contributed by atoms with van der Waals surface area (Å²) >= 11 is 3.58. The molecule has 0 fully saturated rings. The van der Waals surface area contributed by atoms with E-state index in [1.807, 2.05) is 21.1 Å². The van der Waals surface area contributed by atoms with Crippen molar-refractivity contribution in [2.24, 2.45) is 0 Å². The number of hydrogen-bond acceptors (Lipinski definition) is 2.